The van der Waals surface area contributed by atoms with Gasteiger partial charge < -0.3 is 0 Å². The van der Waals surface area contributed by atoms with Crippen LogP contribution in [0.1, 0.15) is 15.9 Å². The van der Waals surface area contributed by atoms with Crippen molar-refractivity contribution in [1.29, 1.82) is 0 Å². The fourth-order valence-corrected chi connectivity index (χ4v) is 3.74. The molecule has 3 aromatic rings. The number of carbonyl (C=O) groups excluding carboxylic acids is 1. The van der Waals surface area contributed by atoms with Gasteiger partial charge in [0.15, 0.2) is 5.78 Å². The Kier molecular flexibility index (Phi) is 5.48. The first-order valence-electron chi connectivity index (χ1n) is 8.32. The molecule has 0 spiro atoms. The van der Waals surface area contributed by atoms with E-state index in [2.05, 4.69) is 4.72 Å². The summed E-state index contributed by atoms with van der Waals surface area (Å²) >= 11 is 0. The van der Waals surface area contributed by atoms with E-state index >= 15 is 0 Å². The van der Waals surface area contributed by atoms with Crippen molar-refractivity contribution >= 4 is 15.8 Å². The van der Waals surface area contributed by atoms with E-state index in [1.54, 1.807) is 55.5 Å². The topological polar surface area (TPSA) is 63.2 Å². The molecule has 0 saturated carbocycles. The molecule has 0 aromatic heterocycles. The third-order valence-electron chi connectivity index (χ3n) is 4.08. The Hall–Kier alpha value is -2.83. The third kappa shape index (κ3) is 4.30. The van der Waals surface area contributed by atoms with Crippen LogP contribution in [-0.4, -0.2) is 20.7 Å². The van der Waals surface area contributed by atoms with Gasteiger partial charge in [0.05, 0.1) is 17.0 Å². The van der Waals surface area contributed by atoms with Crippen molar-refractivity contribution in [2.24, 2.45) is 0 Å². The summed E-state index contributed by atoms with van der Waals surface area (Å²) in [6.45, 7) is 1.24. The molecular formula is C21H18FNO3S. The lowest BCUT2D eigenvalue weighted by molar-refractivity contribution is 0.0993. The maximum absolute atomic E-state index is 14.9. The van der Waals surface area contributed by atoms with Crippen molar-refractivity contribution in [2.45, 2.75) is 11.8 Å². The highest BCUT2D eigenvalue weighted by atomic mass is 32.2. The number of benzene rings is 3. The number of carbonyl (C=O) groups is 1. The number of sulfonamides is 1. The smallest absolute Gasteiger partial charge is 0.240 e. The van der Waals surface area contributed by atoms with Crippen molar-refractivity contribution in [1.82, 2.24) is 4.72 Å². The molecule has 0 amide bonds. The Labute approximate surface area is 157 Å². The van der Waals surface area contributed by atoms with E-state index in [1.165, 1.54) is 18.2 Å². The summed E-state index contributed by atoms with van der Waals surface area (Å²) in [5.74, 6) is -1.29. The minimum atomic E-state index is -3.84. The standard InChI is InChI=1S/C21H18FNO3S/c1-15-12-18(16-8-4-2-5-9-16)21(22)19(13-15)20(24)14-23-27(25,26)17-10-6-3-7-11-17/h2-13,23H,14H2,1H3. The Morgan fingerprint density at radius 3 is 2.19 bits per heavy atom. The quantitative estimate of drug-likeness (QED) is 0.656. The molecule has 1 N–H and O–H groups in total. The number of aryl methyl sites for hydroxylation is 1. The lowest BCUT2D eigenvalue weighted by Gasteiger charge is -2.11. The summed E-state index contributed by atoms with van der Waals surface area (Å²) < 4.78 is 41.7. The fourth-order valence-electron chi connectivity index (χ4n) is 2.74. The number of Topliss-reactive ketones (excluding diaryl/α,β-unsaturated/α-hetero) is 1. The summed E-state index contributed by atoms with van der Waals surface area (Å²) in [5.41, 5.74) is 1.54. The summed E-state index contributed by atoms with van der Waals surface area (Å²) in [5, 5.41) is 0. The van der Waals surface area contributed by atoms with Crippen LogP contribution in [0.15, 0.2) is 77.7 Å². The number of hydrogen-bond donors (Lipinski definition) is 1. The molecule has 3 aromatic carbocycles. The molecule has 0 fully saturated rings. The predicted molar refractivity (Wildman–Crippen MR) is 103 cm³/mol. The van der Waals surface area contributed by atoms with Crippen LogP contribution in [0.25, 0.3) is 11.1 Å². The van der Waals surface area contributed by atoms with Gasteiger partial charge in [-0.15, -0.1) is 0 Å². The number of hydrogen-bond acceptors (Lipinski definition) is 3. The van der Waals surface area contributed by atoms with Gasteiger partial charge in [-0.05, 0) is 42.3 Å². The zero-order chi connectivity index (χ0) is 19.4. The number of nitrogens with one attached hydrogen (secondary N) is 1. The Balaban J connectivity index is 1.86. The van der Waals surface area contributed by atoms with Gasteiger partial charge in [-0.2, -0.15) is 0 Å². The molecule has 0 bridgehead atoms. The van der Waals surface area contributed by atoms with Gasteiger partial charge in [-0.1, -0.05) is 48.5 Å². The molecule has 0 heterocycles. The van der Waals surface area contributed by atoms with Crippen LogP contribution in [0, 0.1) is 12.7 Å². The molecule has 0 atom stereocenters. The van der Waals surface area contributed by atoms with Crippen molar-refractivity contribution in [3.05, 3.63) is 89.7 Å². The van der Waals surface area contributed by atoms with Crippen LogP contribution >= 0.6 is 0 Å². The van der Waals surface area contributed by atoms with E-state index in [9.17, 15) is 17.6 Å². The summed E-state index contributed by atoms with van der Waals surface area (Å²) in [4.78, 5) is 12.6. The molecule has 0 saturated heterocycles. The van der Waals surface area contributed by atoms with E-state index < -0.39 is 28.2 Å². The van der Waals surface area contributed by atoms with E-state index in [0.29, 0.717) is 16.7 Å². The second-order valence-electron chi connectivity index (χ2n) is 6.10. The van der Waals surface area contributed by atoms with Crippen molar-refractivity contribution in [3.8, 4) is 11.1 Å². The van der Waals surface area contributed by atoms with Crippen LogP contribution in [0.4, 0.5) is 4.39 Å². The molecule has 4 nitrogen and oxygen atoms in total. The average Bonchev–Trinajstić information content (AvgIpc) is 2.69. The monoisotopic (exact) mass is 383 g/mol. The van der Waals surface area contributed by atoms with Crippen LogP contribution in [0.2, 0.25) is 0 Å². The van der Waals surface area contributed by atoms with Gasteiger partial charge in [0.25, 0.3) is 0 Å². The minimum Gasteiger partial charge on any atom is -0.293 e. The zero-order valence-corrected chi connectivity index (χ0v) is 15.5. The van der Waals surface area contributed by atoms with Crippen LogP contribution in [0.5, 0.6) is 0 Å². The highest BCUT2D eigenvalue weighted by Crippen LogP contribution is 2.27. The second kappa shape index (κ2) is 7.82. The number of ketones is 1. The second-order valence-corrected chi connectivity index (χ2v) is 7.87. The van der Waals surface area contributed by atoms with E-state index in [1.807, 2.05) is 6.07 Å². The summed E-state index contributed by atoms with van der Waals surface area (Å²) in [7, 11) is -3.84. The van der Waals surface area contributed by atoms with Gasteiger partial charge in [-0.3, -0.25) is 4.79 Å². The molecule has 3 rings (SSSR count). The lowest BCUT2D eigenvalue weighted by atomic mass is 9.97. The van der Waals surface area contributed by atoms with Gasteiger partial charge in [-0.25, -0.2) is 17.5 Å². The fraction of sp³-hybridized carbons (Fsp3) is 0.0952. The molecule has 0 aliphatic rings. The minimum absolute atomic E-state index is 0.0486. The van der Waals surface area contributed by atoms with Crippen molar-refractivity contribution < 1.29 is 17.6 Å². The van der Waals surface area contributed by atoms with Crippen LogP contribution in [-0.2, 0) is 10.0 Å². The maximum Gasteiger partial charge on any atom is 0.240 e. The van der Waals surface area contributed by atoms with E-state index in [4.69, 9.17) is 0 Å². The maximum atomic E-state index is 14.9. The average molecular weight is 383 g/mol. The Morgan fingerprint density at radius 1 is 0.963 bits per heavy atom. The zero-order valence-electron chi connectivity index (χ0n) is 14.6. The molecule has 27 heavy (non-hydrogen) atoms. The third-order valence-corrected chi connectivity index (χ3v) is 5.50. The largest absolute Gasteiger partial charge is 0.293 e. The molecule has 0 aliphatic carbocycles. The normalized spacial score (nSPS) is 11.3. The van der Waals surface area contributed by atoms with Crippen molar-refractivity contribution in [2.75, 3.05) is 6.54 Å². The predicted octanol–water partition coefficient (Wildman–Crippen LogP) is 3.96. The van der Waals surface area contributed by atoms with Crippen LogP contribution in [0.3, 0.4) is 0 Å². The van der Waals surface area contributed by atoms with Crippen molar-refractivity contribution in [3.63, 3.8) is 0 Å². The lowest BCUT2D eigenvalue weighted by Crippen LogP contribution is -2.30. The highest BCUT2D eigenvalue weighted by molar-refractivity contribution is 7.89. The molecular weight excluding hydrogens is 365 g/mol. The van der Waals surface area contributed by atoms with Gasteiger partial charge in [0.2, 0.25) is 10.0 Å². The van der Waals surface area contributed by atoms with E-state index in [0.717, 1.165) is 0 Å². The van der Waals surface area contributed by atoms with Gasteiger partial charge in [0, 0.05) is 5.56 Å². The summed E-state index contributed by atoms with van der Waals surface area (Å²) in [6, 6.07) is 19.7. The first-order valence-corrected chi connectivity index (χ1v) is 9.80. The number of halogens is 1. The first-order chi connectivity index (χ1) is 12.9. The molecule has 0 radical (unpaired) electrons. The Morgan fingerprint density at radius 2 is 1.56 bits per heavy atom. The number of rotatable bonds is 6. The molecule has 6 heteroatoms. The molecule has 0 unspecified atom stereocenters. The first kappa shape index (κ1) is 18.9. The highest BCUT2D eigenvalue weighted by Gasteiger charge is 2.20. The molecule has 138 valence electrons. The van der Waals surface area contributed by atoms with Gasteiger partial charge in [0.1, 0.15) is 5.82 Å². The SMILES string of the molecule is Cc1cc(C(=O)CNS(=O)(=O)c2ccccc2)c(F)c(-c2ccccc2)c1. The molecule has 0 aliphatic heterocycles. The van der Waals surface area contributed by atoms with E-state index in [-0.39, 0.29) is 10.5 Å². The summed E-state index contributed by atoms with van der Waals surface area (Å²) in [6.07, 6.45) is 0. The van der Waals surface area contributed by atoms with Crippen LogP contribution < -0.4 is 4.72 Å². The van der Waals surface area contributed by atoms with Gasteiger partial charge >= 0.3 is 0 Å². The Bertz CT molecular complexity index is 1070.